The molecule has 0 spiro atoms. The van der Waals surface area contributed by atoms with Crippen LogP contribution in [0.4, 0.5) is 4.39 Å². The Morgan fingerprint density at radius 1 is 0.975 bits per heavy atom. The van der Waals surface area contributed by atoms with E-state index in [4.69, 9.17) is 9.47 Å². The van der Waals surface area contributed by atoms with Gasteiger partial charge in [0, 0.05) is 22.3 Å². The molecule has 0 aliphatic heterocycles. The Morgan fingerprint density at radius 2 is 1.68 bits per heavy atom. The van der Waals surface area contributed by atoms with Gasteiger partial charge in [-0.15, -0.1) is 11.3 Å². The molecule has 0 saturated heterocycles. The zero-order chi connectivity index (χ0) is 28.7. The summed E-state index contributed by atoms with van der Waals surface area (Å²) in [6.07, 6.45) is 4.82. The molecule has 216 valence electrons. The maximum atomic E-state index is 13.9. The van der Waals surface area contributed by atoms with E-state index in [1.165, 1.54) is 16.4 Å². The van der Waals surface area contributed by atoms with E-state index in [1.807, 2.05) is 37.3 Å². The highest BCUT2D eigenvalue weighted by Gasteiger charge is 2.35. The first-order valence-electron chi connectivity index (χ1n) is 13.5. The van der Waals surface area contributed by atoms with Crippen LogP contribution < -0.4 is 9.47 Å². The lowest BCUT2D eigenvalue weighted by Crippen LogP contribution is -2.48. The van der Waals surface area contributed by atoms with Crippen LogP contribution in [0.1, 0.15) is 47.4 Å². The quantitative estimate of drug-likeness (QED) is 0.267. The van der Waals surface area contributed by atoms with Crippen LogP contribution in [0.5, 0.6) is 11.5 Å². The molecule has 40 heavy (non-hydrogen) atoms. The SMILES string of the molecule is COc1ccc(CCN(Cc2ccc(C)s2)C(=O)CN(C2CCCCC2)S(=O)(=O)c2ccc(F)cc2)cc1OC. The molecule has 1 amide bonds. The number of aryl methyl sites for hydroxylation is 1. The first-order chi connectivity index (χ1) is 19.2. The van der Waals surface area contributed by atoms with Crippen LogP contribution in [0.3, 0.4) is 0 Å². The van der Waals surface area contributed by atoms with Crippen LogP contribution in [0.15, 0.2) is 59.5 Å². The van der Waals surface area contributed by atoms with Crippen LogP contribution in [0, 0.1) is 12.7 Å². The number of benzene rings is 2. The number of methoxy groups -OCH3 is 2. The van der Waals surface area contributed by atoms with E-state index in [0.717, 1.165) is 46.7 Å². The molecule has 1 heterocycles. The number of sulfonamides is 1. The summed E-state index contributed by atoms with van der Waals surface area (Å²) >= 11 is 1.62. The number of ether oxygens (including phenoxy) is 2. The summed E-state index contributed by atoms with van der Waals surface area (Å²) in [6.45, 7) is 2.55. The fraction of sp³-hybridized carbons (Fsp3) is 0.433. The monoisotopic (exact) mass is 588 g/mol. The van der Waals surface area contributed by atoms with Crippen LogP contribution in [-0.2, 0) is 27.8 Å². The molecule has 0 radical (unpaired) electrons. The highest BCUT2D eigenvalue weighted by Crippen LogP contribution is 2.30. The highest BCUT2D eigenvalue weighted by molar-refractivity contribution is 7.89. The molecular weight excluding hydrogens is 551 g/mol. The first-order valence-corrected chi connectivity index (χ1v) is 15.8. The molecule has 0 bridgehead atoms. The molecule has 2 aromatic carbocycles. The Labute approximate surface area is 240 Å². The summed E-state index contributed by atoms with van der Waals surface area (Å²) in [5, 5.41) is 0. The second-order valence-electron chi connectivity index (χ2n) is 10.1. The fourth-order valence-corrected chi connectivity index (χ4v) is 7.65. The summed E-state index contributed by atoms with van der Waals surface area (Å²) in [6, 6.07) is 14.2. The predicted octanol–water partition coefficient (Wildman–Crippen LogP) is 5.81. The number of halogens is 1. The maximum absolute atomic E-state index is 13.9. The molecule has 0 N–H and O–H groups in total. The average Bonchev–Trinajstić information content (AvgIpc) is 3.38. The molecule has 10 heteroatoms. The van der Waals surface area contributed by atoms with Crippen molar-refractivity contribution in [3.8, 4) is 11.5 Å². The van der Waals surface area contributed by atoms with Crippen LogP contribution >= 0.6 is 11.3 Å². The van der Waals surface area contributed by atoms with Gasteiger partial charge in [-0.2, -0.15) is 4.31 Å². The van der Waals surface area contributed by atoms with E-state index in [0.29, 0.717) is 43.9 Å². The van der Waals surface area contributed by atoms with Gasteiger partial charge in [0.25, 0.3) is 0 Å². The second-order valence-corrected chi connectivity index (χ2v) is 13.3. The van der Waals surface area contributed by atoms with Crippen LogP contribution in [0.2, 0.25) is 0 Å². The third-order valence-corrected chi connectivity index (χ3v) is 10.2. The third-order valence-electron chi connectivity index (χ3n) is 7.31. The van der Waals surface area contributed by atoms with E-state index >= 15 is 0 Å². The predicted molar refractivity (Wildman–Crippen MR) is 155 cm³/mol. The average molecular weight is 589 g/mol. The van der Waals surface area contributed by atoms with Crippen molar-refractivity contribution in [2.75, 3.05) is 27.3 Å². The number of hydrogen-bond donors (Lipinski definition) is 0. The topological polar surface area (TPSA) is 76.2 Å². The van der Waals surface area contributed by atoms with E-state index in [9.17, 15) is 17.6 Å². The van der Waals surface area contributed by atoms with E-state index < -0.39 is 15.8 Å². The Morgan fingerprint density at radius 3 is 2.30 bits per heavy atom. The van der Waals surface area contributed by atoms with Gasteiger partial charge in [-0.25, -0.2) is 12.8 Å². The van der Waals surface area contributed by atoms with E-state index in [2.05, 4.69) is 0 Å². The van der Waals surface area contributed by atoms with Gasteiger partial charge in [0.15, 0.2) is 11.5 Å². The molecule has 3 aromatic rings. The highest BCUT2D eigenvalue weighted by atomic mass is 32.2. The van der Waals surface area contributed by atoms with Crippen molar-refractivity contribution in [1.82, 2.24) is 9.21 Å². The first kappa shape index (κ1) is 30.0. The van der Waals surface area contributed by atoms with Crippen molar-refractivity contribution >= 4 is 27.3 Å². The standard InChI is InChI=1S/C30H37FN2O5S2/c1-22-9-13-26(39-22)20-32(18-17-23-10-16-28(37-2)29(19-23)38-3)30(34)21-33(25-7-5-4-6-8-25)40(35,36)27-14-11-24(31)12-15-27/h9-16,19,25H,4-8,17-18,20-21H2,1-3H3. The number of thiophene rings is 1. The van der Waals surface area contributed by atoms with Gasteiger partial charge >= 0.3 is 0 Å². The summed E-state index contributed by atoms with van der Waals surface area (Å²) < 4.78 is 53.3. The van der Waals surface area contributed by atoms with Crippen molar-refractivity contribution in [2.45, 2.75) is 62.9 Å². The molecule has 4 rings (SSSR count). The van der Waals surface area contributed by atoms with Gasteiger partial charge in [-0.05, 0) is 80.3 Å². The summed E-state index contributed by atoms with van der Waals surface area (Å²) in [7, 11) is -0.844. The van der Waals surface area contributed by atoms with Crippen LogP contribution in [-0.4, -0.2) is 56.9 Å². The largest absolute Gasteiger partial charge is 0.493 e. The van der Waals surface area contributed by atoms with Crippen molar-refractivity contribution in [3.63, 3.8) is 0 Å². The lowest BCUT2D eigenvalue weighted by molar-refractivity contribution is -0.132. The maximum Gasteiger partial charge on any atom is 0.243 e. The van der Waals surface area contributed by atoms with Gasteiger partial charge in [0.1, 0.15) is 5.82 Å². The zero-order valence-corrected chi connectivity index (χ0v) is 24.9. The number of rotatable bonds is 12. The summed E-state index contributed by atoms with van der Waals surface area (Å²) in [5.41, 5.74) is 0.973. The number of nitrogens with zero attached hydrogens (tertiary/aromatic N) is 2. The minimum Gasteiger partial charge on any atom is -0.493 e. The van der Waals surface area contributed by atoms with Crippen molar-refractivity contribution in [3.05, 3.63) is 75.7 Å². The Kier molecular flexibility index (Phi) is 10.2. The van der Waals surface area contributed by atoms with Gasteiger partial charge in [0.05, 0.1) is 32.2 Å². The van der Waals surface area contributed by atoms with Gasteiger partial charge < -0.3 is 14.4 Å². The molecule has 7 nitrogen and oxygen atoms in total. The molecule has 0 unspecified atom stereocenters. The van der Waals surface area contributed by atoms with Gasteiger partial charge in [-0.3, -0.25) is 4.79 Å². The fourth-order valence-electron chi connectivity index (χ4n) is 5.10. The third kappa shape index (κ3) is 7.41. The molecular formula is C30H37FN2O5S2. The lowest BCUT2D eigenvalue weighted by atomic mass is 9.95. The van der Waals surface area contributed by atoms with Crippen molar-refractivity contribution in [2.24, 2.45) is 0 Å². The van der Waals surface area contributed by atoms with Crippen LogP contribution in [0.25, 0.3) is 0 Å². The zero-order valence-electron chi connectivity index (χ0n) is 23.3. The molecule has 1 aliphatic rings. The molecule has 1 aromatic heterocycles. The minimum atomic E-state index is -4.01. The Bertz CT molecular complexity index is 1390. The molecule has 1 fully saturated rings. The van der Waals surface area contributed by atoms with E-state index in [1.54, 1.807) is 30.5 Å². The summed E-state index contributed by atoms with van der Waals surface area (Å²) in [4.78, 5) is 17.8. The van der Waals surface area contributed by atoms with Gasteiger partial charge in [-0.1, -0.05) is 25.3 Å². The smallest absolute Gasteiger partial charge is 0.243 e. The summed E-state index contributed by atoms with van der Waals surface area (Å²) in [5.74, 6) is 0.470. The Hall–Kier alpha value is -2.95. The number of carbonyl (C=O) groups excluding carboxylic acids is 1. The van der Waals surface area contributed by atoms with Crippen molar-refractivity contribution < 1.29 is 27.1 Å². The Balaban J connectivity index is 1.59. The molecule has 1 aliphatic carbocycles. The molecule has 1 saturated carbocycles. The lowest BCUT2D eigenvalue weighted by Gasteiger charge is -2.34. The van der Waals surface area contributed by atoms with Gasteiger partial charge in [0.2, 0.25) is 15.9 Å². The van der Waals surface area contributed by atoms with E-state index in [-0.39, 0.29) is 23.4 Å². The number of hydrogen-bond acceptors (Lipinski definition) is 6. The minimum absolute atomic E-state index is 0.00182. The normalized spacial score (nSPS) is 14.3. The number of carbonyl (C=O) groups is 1. The second kappa shape index (κ2) is 13.6. The molecule has 0 atom stereocenters. The number of amides is 1. The van der Waals surface area contributed by atoms with Crippen molar-refractivity contribution in [1.29, 1.82) is 0 Å².